The van der Waals surface area contributed by atoms with Crippen LogP contribution in [0.25, 0.3) is 0 Å². The molecule has 0 amide bonds. The van der Waals surface area contributed by atoms with Crippen molar-refractivity contribution in [3.05, 3.63) is 29.1 Å². The van der Waals surface area contributed by atoms with Crippen molar-refractivity contribution >= 4 is 28.0 Å². The van der Waals surface area contributed by atoms with E-state index in [1.54, 1.807) is 0 Å². The van der Waals surface area contributed by atoms with E-state index >= 15 is 0 Å². The third-order valence-corrected chi connectivity index (χ3v) is 2.08. The van der Waals surface area contributed by atoms with E-state index in [1.807, 2.05) is 0 Å². The molecule has 0 aliphatic carbocycles. The average Bonchev–Trinajstić information content (AvgIpc) is 2.36. The van der Waals surface area contributed by atoms with Gasteiger partial charge in [0.05, 0.1) is 5.46 Å². The Balaban J connectivity index is 2.52. The van der Waals surface area contributed by atoms with Crippen molar-refractivity contribution in [2.24, 2.45) is 0 Å². The zero-order valence-corrected chi connectivity index (χ0v) is 8.11. The third kappa shape index (κ3) is 2.05. The van der Waals surface area contributed by atoms with Crippen LogP contribution in [0.3, 0.4) is 0 Å². The molecule has 1 aromatic carbocycles. The molecule has 0 atom stereocenters. The van der Waals surface area contributed by atoms with Crippen LogP contribution in [0.15, 0.2) is 0 Å². The van der Waals surface area contributed by atoms with E-state index in [-0.39, 0.29) is 15.4 Å². The van der Waals surface area contributed by atoms with Crippen LogP contribution in [-0.2, 0) is 13.7 Å². The van der Waals surface area contributed by atoms with E-state index in [9.17, 15) is 22.0 Å². The molecule has 0 spiro atoms. The maximum absolute atomic E-state index is 13.3. The molecule has 1 aliphatic heterocycles. The van der Waals surface area contributed by atoms with E-state index in [1.165, 1.54) is 0 Å². The highest BCUT2D eigenvalue weighted by atomic mass is 19.2. The van der Waals surface area contributed by atoms with Crippen molar-refractivity contribution in [3.63, 3.8) is 0 Å². The Morgan fingerprint density at radius 2 is 1.12 bits per heavy atom. The number of halogens is 5. The molecule has 2 rings (SSSR count). The Kier molecular flexibility index (Phi) is 3.41. The van der Waals surface area contributed by atoms with Crippen LogP contribution in [0.1, 0.15) is 0 Å². The fourth-order valence-corrected chi connectivity index (χ4v) is 1.30. The Morgan fingerprint density at radius 1 is 0.706 bits per heavy atom. The van der Waals surface area contributed by atoms with Gasteiger partial charge in [-0.25, -0.2) is 22.0 Å². The van der Waals surface area contributed by atoms with Gasteiger partial charge in [0.15, 0.2) is 29.1 Å². The fraction of sp³-hybridized carbons (Fsp3) is 0. The van der Waals surface area contributed by atoms with Crippen LogP contribution < -0.4 is 5.46 Å². The molecule has 1 fully saturated rings. The number of benzene rings is 1. The third-order valence-electron chi connectivity index (χ3n) is 2.08. The van der Waals surface area contributed by atoms with Crippen LogP contribution in [0, 0.1) is 29.1 Å². The van der Waals surface area contributed by atoms with Crippen molar-refractivity contribution in [2.45, 2.75) is 0 Å². The number of hydrogen-bond donors (Lipinski definition) is 0. The second-order valence-electron chi connectivity index (χ2n) is 3.09. The van der Waals surface area contributed by atoms with Crippen molar-refractivity contribution in [3.8, 4) is 0 Å². The standard InChI is InChI=1S/C6H2B3F5O3/c10-2-1(9-16-7-15-8-17-9)3(11)5(13)6(14)4(2)12/h7-8H. The summed E-state index contributed by atoms with van der Waals surface area (Å²) in [5, 5.41) is 0. The van der Waals surface area contributed by atoms with E-state index in [2.05, 4.69) is 13.7 Å². The Morgan fingerprint density at radius 3 is 1.59 bits per heavy atom. The highest BCUT2D eigenvalue weighted by Crippen LogP contribution is 2.17. The lowest BCUT2D eigenvalue weighted by atomic mass is 9.74. The lowest BCUT2D eigenvalue weighted by Crippen LogP contribution is -2.48. The quantitative estimate of drug-likeness (QED) is 0.295. The van der Waals surface area contributed by atoms with Crippen LogP contribution in [0.2, 0.25) is 0 Å². The van der Waals surface area contributed by atoms with Gasteiger partial charge in [0.25, 0.3) is 0 Å². The molecule has 0 aromatic heterocycles. The minimum absolute atomic E-state index is 0.371. The van der Waals surface area contributed by atoms with Gasteiger partial charge >= 0.3 is 22.5 Å². The summed E-state index contributed by atoms with van der Waals surface area (Å²) in [5.74, 6) is -10.3. The van der Waals surface area contributed by atoms with Gasteiger partial charge in [0.1, 0.15) is 0 Å². The van der Waals surface area contributed by atoms with Crippen molar-refractivity contribution in [1.29, 1.82) is 0 Å². The first kappa shape index (κ1) is 12.4. The molecule has 0 saturated carbocycles. The summed E-state index contributed by atoms with van der Waals surface area (Å²) in [5.41, 5.74) is -1.16. The summed E-state index contributed by atoms with van der Waals surface area (Å²) in [6.45, 7) is 0. The lowest BCUT2D eigenvalue weighted by molar-refractivity contribution is 0.327. The molecule has 3 nitrogen and oxygen atoms in total. The summed E-state index contributed by atoms with van der Waals surface area (Å²) < 4.78 is 78.7. The first-order chi connectivity index (χ1) is 8.04. The smallest absolute Gasteiger partial charge is 0.458 e. The molecule has 1 aliphatic rings. The van der Waals surface area contributed by atoms with Gasteiger partial charge in [-0.2, -0.15) is 0 Å². The maximum atomic E-state index is 13.3. The molecular weight excluding hydrogens is 247 g/mol. The SMILES string of the molecule is Fc1c(F)c(F)c(B2OBOBO2)c(F)c1F. The maximum Gasteiger partial charge on any atom is 0.472 e. The van der Waals surface area contributed by atoms with Gasteiger partial charge < -0.3 is 13.7 Å². The first-order valence-corrected chi connectivity index (χ1v) is 4.36. The van der Waals surface area contributed by atoms with Gasteiger partial charge in [-0.3, -0.25) is 0 Å². The first-order valence-electron chi connectivity index (χ1n) is 4.36. The molecule has 17 heavy (non-hydrogen) atoms. The molecule has 1 aromatic rings. The average molecular weight is 250 g/mol. The van der Waals surface area contributed by atoms with E-state index in [0.717, 1.165) is 0 Å². The van der Waals surface area contributed by atoms with Crippen LogP contribution in [0.5, 0.6) is 0 Å². The minimum atomic E-state index is -2.23. The van der Waals surface area contributed by atoms with E-state index in [4.69, 9.17) is 0 Å². The van der Waals surface area contributed by atoms with Gasteiger partial charge in [-0.15, -0.1) is 0 Å². The zero-order chi connectivity index (χ0) is 12.6. The molecule has 1 saturated heterocycles. The highest BCUT2D eigenvalue weighted by molar-refractivity contribution is 6.71. The van der Waals surface area contributed by atoms with Crippen LogP contribution in [0.4, 0.5) is 22.0 Å². The lowest BCUT2D eigenvalue weighted by Gasteiger charge is -2.20. The summed E-state index contributed by atoms with van der Waals surface area (Å²) in [6.07, 6.45) is 0. The van der Waals surface area contributed by atoms with Gasteiger partial charge in [0.2, 0.25) is 0 Å². The van der Waals surface area contributed by atoms with Crippen molar-refractivity contribution in [1.82, 2.24) is 0 Å². The molecule has 0 bridgehead atoms. The van der Waals surface area contributed by atoms with Crippen molar-refractivity contribution < 1.29 is 35.7 Å². The number of rotatable bonds is 1. The zero-order valence-electron chi connectivity index (χ0n) is 8.11. The summed E-state index contributed by atoms with van der Waals surface area (Å²) in [4.78, 5) is 0. The molecular formula is C6H2B3F5O3. The predicted octanol–water partition coefficient (Wildman–Crippen LogP) is -0.326. The fourth-order valence-electron chi connectivity index (χ4n) is 1.30. The van der Waals surface area contributed by atoms with Gasteiger partial charge in [-0.1, -0.05) is 0 Å². The topological polar surface area (TPSA) is 27.7 Å². The monoisotopic (exact) mass is 250 g/mol. The largest absolute Gasteiger partial charge is 0.472 e. The molecule has 11 heteroatoms. The van der Waals surface area contributed by atoms with Crippen LogP contribution in [-0.4, -0.2) is 22.5 Å². The van der Waals surface area contributed by atoms with Crippen molar-refractivity contribution in [2.75, 3.05) is 0 Å². The Hall–Kier alpha value is -1.06. The normalized spacial score (nSPS) is 15.5. The van der Waals surface area contributed by atoms with E-state index in [0.29, 0.717) is 0 Å². The second kappa shape index (κ2) is 4.67. The summed E-state index contributed by atoms with van der Waals surface area (Å²) in [7, 11) is -2.43. The molecule has 0 radical (unpaired) electrons. The molecule has 0 unspecified atom stereocenters. The predicted molar refractivity (Wildman–Crippen MR) is 49.2 cm³/mol. The second-order valence-corrected chi connectivity index (χ2v) is 3.09. The molecule has 0 N–H and O–H groups in total. The van der Waals surface area contributed by atoms with Gasteiger partial charge in [-0.05, 0) is 0 Å². The van der Waals surface area contributed by atoms with Gasteiger partial charge in [0, 0.05) is 0 Å². The molecule has 88 valence electrons. The van der Waals surface area contributed by atoms with Crippen LogP contribution >= 0.6 is 0 Å². The highest BCUT2D eigenvalue weighted by Gasteiger charge is 2.37. The molecule has 1 heterocycles. The van der Waals surface area contributed by atoms with E-state index < -0.39 is 41.7 Å². The number of hydrogen-bond acceptors (Lipinski definition) is 3. The minimum Gasteiger partial charge on any atom is -0.458 e. The summed E-state index contributed by atoms with van der Waals surface area (Å²) >= 11 is 0. The summed E-state index contributed by atoms with van der Waals surface area (Å²) in [6, 6.07) is 0. The Labute approximate surface area is 93.6 Å². The Bertz CT molecular complexity index is 424.